The molecular weight excluding hydrogens is 277 g/mol. The van der Waals surface area contributed by atoms with Crippen LogP contribution in [0.4, 0.5) is 0 Å². The molecule has 1 aromatic rings. The highest BCUT2D eigenvalue weighted by molar-refractivity contribution is 9.10. The number of halogens is 2. The number of amides is 1. The van der Waals surface area contributed by atoms with Crippen molar-refractivity contribution in [3.63, 3.8) is 0 Å². The van der Waals surface area contributed by atoms with Gasteiger partial charge in [0.1, 0.15) is 5.38 Å². The number of rotatable bonds is 4. The Kier molecular flexibility index (Phi) is 5.12. The lowest BCUT2D eigenvalue weighted by Gasteiger charge is -2.07. The maximum atomic E-state index is 11.2. The molecule has 4 heteroatoms. The molecule has 0 saturated heterocycles. The molecule has 0 spiro atoms. The molecule has 0 fully saturated rings. The Morgan fingerprint density at radius 2 is 2.20 bits per heavy atom. The van der Waals surface area contributed by atoms with Gasteiger partial charge in [-0.15, -0.1) is 11.6 Å². The molecule has 0 saturated carbocycles. The van der Waals surface area contributed by atoms with Gasteiger partial charge in [0, 0.05) is 11.0 Å². The van der Waals surface area contributed by atoms with Gasteiger partial charge in [-0.3, -0.25) is 4.79 Å². The van der Waals surface area contributed by atoms with Crippen LogP contribution in [-0.2, 0) is 11.2 Å². The number of carbonyl (C=O) groups excluding carboxylic acids is 1. The van der Waals surface area contributed by atoms with E-state index in [2.05, 4.69) is 21.2 Å². The second kappa shape index (κ2) is 6.13. The third-order valence-electron chi connectivity index (χ3n) is 2.01. The van der Waals surface area contributed by atoms with Crippen molar-refractivity contribution in [3.8, 4) is 0 Å². The van der Waals surface area contributed by atoms with E-state index in [0.717, 1.165) is 10.9 Å². The number of hydrogen-bond acceptors (Lipinski definition) is 1. The van der Waals surface area contributed by atoms with Gasteiger partial charge < -0.3 is 5.32 Å². The maximum Gasteiger partial charge on any atom is 0.237 e. The monoisotopic (exact) mass is 289 g/mol. The largest absolute Gasteiger partial charge is 0.354 e. The molecule has 1 atom stereocenters. The molecule has 82 valence electrons. The molecule has 0 aliphatic carbocycles. The van der Waals surface area contributed by atoms with Crippen molar-refractivity contribution in [2.45, 2.75) is 18.7 Å². The first-order valence-electron chi connectivity index (χ1n) is 4.76. The molecule has 2 nitrogen and oxygen atoms in total. The number of benzene rings is 1. The van der Waals surface area contributed by atoms with Crippen LogP contribution in [0.15, 0.2) is 28.7 Å². The Hall–Kier alpha value is -0.540. The second-order valence-electron chi connectivity index (χ2n) is 3.25. The number of carbonyl (C=O) groups is 1. The van der Waals surface area contributed by atoms with Crippen LogP contribution < -0.4 is 5.32 Å². The summed E-state index contributed by atoms with van der Waals surface area (Å²) in [5.41, 5.74) is 1.18. The third-order valence-corrected chi connectivity index (χ3v) is 2.98. The Morgan fingerprint density at radius 3 is 2.80 bits per heavy atom. The fraction of sp³-hybridized carbons (Fsp3) is 0.364. The molecular formula is C11H13BrClNO. The predicted molar refractivity (Wildman–Crippen MR) is 66.2 cm³/mol. The summed E-state index contributed by atoms with van der Waals surface area (Å²) in [6.07, 6.45) is 0.802. The van der Waals surface area contributed by atoms with Crippen molar-refractivity contribution >= 4 is 33.4 Å². The normalized spacial score (nSPS) is 12.2. The van der Waals surface area contributed by atoms with E-state index < -0.39 is 5.38 Å². The standard InChI is InChI=1S/C11H13BrClNO/c1-8(13)11(15)14-7-6-9-4-2-3-5-10(9)12/h2-5,8H,6-7H2,1H3,(H,14,15). The van der Waals surface area contributed by atoms with Gasteiger partial charge in [-0.2, -0.15) is 0 Å². The number of alkyl halides is 1. The Bertz CT molecular complexity index is 341. The average Bonchev–Trinajstić information content (AvgIpc) is 2.20. The molecule has 0 radical (unpaired) electrons. The predicted octanol–water partition coefficient (Wildman–Crippen LogP) is 2.74. The first-order chi connectivity index (χ1) is 7.11. The number of hydrogen-bond donors (Lipinski definition) is 1. The maximum absolute atomic E-state index is 11.2. The van der Waals surface area contributed by atoms with Crippen LogP contribution in [0, 0.1) is 0 Å². The van der Waals surface area contributed by atoms with Gasteiger partial charge in [0.25, 0.3) is 0 Å². The molecule has 1 N–H and O–H groups in total. The fourth-order valence-electron chi connectivity index (χ4n) is 1.16. The van der Waals surface area contributed by atoms with Crippen molar-refractivity contribution in [1.29, 1.82) is 0 Å². The zero-order valence-electron chi connectivity index (χ0n) is 8.47. The van der Waals surface area contributed by atoms with Crippen LogP contribution in [0.25, 0.3) is 0 Å². The minimum absolute atomic E-state index is 0.122. The molecule has 0 aliphatic heterocycles. The van der Waals surface area contributed by atoms with Gasteiger partial charge in [0.2, 0.25) is 5.91 Å². The van der Waals surface area contributed by atoms with E-state index in [-0.39, 0.29) is 5.91 Å². The van der Waals surface area contributed by atoms with Crippen molar-refractivity contribution in [2.24, 2.45) is 0 Å². The molecule has 0 heterocycles. The molecule has 15 heavy (non-hydrogen) atoms. The fourth-order valence-corrected chi connectivity index (χ4v) is 1.72. The van der Waals surface area contributed by atoms with Crippen LogP contribution >= 0.6 is 27.5 Å². The highest BCUT2D eigenvalue weighted by atomic mass is 79.9. The van der Waals surface area contributed by atoms with Gasteiger partial charge in [0.15, 0.2) is 0 Å². The zero-order chi connectivity index (χ0) is 11.3. The second-order valence-corrected chi connectivity index (χ2v) is 4.76. The summed E-state index contributed by atoms with van der Waals surface area (Å²) < 4.78 is 1.07. The van der Waals surface area contributed by atoms with Crippen LogP contribution in [0.3, 0.4) is 0 Å². The van der Waals surface area contributed by atoms with E-state index in [4.69, 9.17) is 11.6 Å². The van der Waals surface area contributed by atoms with Gasteiger partial charge in [0.05, 0.1) is 0 Å². The molecule has 1 aromatic carbocycles. The summed E-state index contributed by atoms with van der Waals surface area (Å²) in [5.74, 6) is -0.122. The lowest BCUT2D eigenvalue weighted by molar-refractivity contribution is -0.120. The van der Waals surface area contributed by atoms with Crippen molar-refractivity contribution < 1.29 is 4.79 Å². The van der Waals surface area contributed by atoms with Crippen LogP contribution in [0.2, 0.25) is 0 Å². The van der Waals surface area contributed by atoms with Crippen LogP contribution in [-0.4, -0.2) is 17.8 Å². The quantitative estimate of drug-likeness (QED) is 0.849. The van der Waals surface area contributed by atoms with Crippen molar-refractivity contribution in [3.05, 3.63) is 34.3 Å². The topological polar surface area (TPSA) is 29.1 Å². The zero-order valence-corrected chi connectivity index (χ0v) is 10.8. The Balaban J connectivity index is 2.38. The lowest BCUT2D eigenvalue weighted by Crippen LogP contribution is -2.31. The molecule has 0 aliphatic rings. The van der Waals surface area contributed by atoms with Crippen molar-refractivity contribution in [2.75, 3.05) is 6.54 Å². The molecule has 1 rings (SSSR count). The van der Waals surface area contributed by atoms with Crippen molar-refractivity contribution in [1.82, 2.24) is 5.32 Å². The van der Waals surface area contributed by atoms with Gasteiger partial charge >= 0.3 is 0 Å². The summed E-state index contributed by atoms with van der Waals surface area (Å²) in [4.78, 5) is 11.2. The summed E-state index contributed by atoms with van der Waals surface area (Å²) in [5, 5.41) is 2.30. The van der Waals surface area contributed by atoms with Gasteiger partial charge in [-0.05, 0) is 25.0 Å². The van der Waals surface area contributed by atoms with E-state index in [1.165, 1.54) is 5.56 Å². The molecule has 1 amide bonds. The Morgan fingerprint density at radius 1 is 1.53 bits per heavy atom. The van der Waals surface area contributed by atoms with Gasteiger partial charge in [-0.1, -0.05) is 34.1 Å². The SMILES string of the molecule is CC(Cl)C(=O)NCCc1ccccc1Br. The third kappa shape index (κ3) is 4.22. The van der Waals surface area contributed by atoms with E-state index in [1.807, 2.05) is 24.3 Å². The van der Waals surface area contributed by atoms with E-state index >= 15 is 0 Å². The van der Waals surface area contributed by atoms with E-state index in [1.54, 1.807) is 6.92 Å². The summed E-state index contributed by atoms with van der Waals surface area (Å²) in [6.45, 7) is 2.27. The highest BCUT2D eigenvalue weighted by Gasteiger charge is 2.07. The van der Waals surface area contributed by atoms with Crippen LogP contribution in [0.1, 0.15) is 12.5 Å². The minimum atomic E-state index is -0.468. The summed E-state index contributed by atoms with van der Waals surface area (Å²) in [6, 6.07) is 7.96. The molecule has 0 bridgehead atoms. The van der Waals surface area contributed by atoms with E-state index in [9.17, 15) is 4.79 Å². The average molecular weight is 291 g/mol. The Labute approximate surface area is 103 Å². The first kappa shape index (κ1) is 12.5. The smallest absolute Gasteiger partial charge is 0.237 e. The minimum Gasteiger partial charge on any atom is -0.354 e. The first-order valence-corrected chi connectivity index (χ1v) is 5.99. The summed E-state index contributed by atoms with van der Waals surface area (Å²) in [7, 11) is 0. The number of nitrogens with one attached hydrogen (secondary N) is 1. The van der Waals surface area contributed by atoms with Crippen LogP contribution in [0.5, 0.6) is 0 Å². The molecule has 0 aromatic heterocycles. The molecule has 1 unspecified atom stereocenters. The van der Waals surface area contributed by atoms with E-state index in [0.29, 0.717) is 6.54 Å². The summed E-state index contributed by atoms with van der Waals surface area (Å²) >= 11 is 9.07. The lowest BCUT2D eigenvalue weighted by atomic mass is 10.1. The highest BCUT2D eigenvalue weighted by Crippen LogP contribution is 2.15. The van der Waals surface area contributed by atoms with Gasteiger partial charge in [-0.25, -0.2) is 0 Å².